The van der Waals surface area contributed by atoms with Crippen LogP contribution in [0.3, 0.4) is 0 Å². The Morgan fingerprint density at radius 3 is 2.90 bits per heavy atom. The van der Waals surface area contributed by atoms with Gasteiger partial charge in [0.1, 0.15) is 6.17 Å². The van der Waals surface area contributed by atoms with E-state index in [0.717, 1.165) is 13.0 Å². The van der Waals surface area contributed by atoms with Crippen LogP contribution in [0.25, 0.3) is 0 Å². The van der Waals surface area contributed by atoms with E-state index >= 15 is 0 Å². The van der Waals surface area contributed by atoms with Gasteiger partial charge in [0.2, 0.25) is 0 Å². The van der Waals surface area contributed by atoms with Crippen LogP contribution in [0.5, 0.6) is 0 Å². The first-order valence-corrected chi connectivity index (χ1v) is 3.33. The average Bonchev–Trinajstić information content (AvgIpc) is 1.99. The topological polar surface area (TPSA) is 32.3 Å². The summed E-state index contributed by atoms with van der Waals surface area (Å²) in [6.07, 6.45) is -0.473. The van der Waals surface area contributed by atoms with Crippen LogP contribution < -0.4 is 5.32 Å². The molecule has 4 heteroatoms. The van der Waals surface area contributed by atoms with Crippen LogP contribution in [-0.4, -0.2) is 30.5 Å². The summed E-state index contributed by atoms with van der Waals surface area (Å²) in [6.45, 7) is 1.23. The van der Waals surface area contributed by atoms with Crippen molar-refractivity contribution >= 4 is 12.4 Å². The largest absolute Gasteiger partial charge is 0.389 e. The Hall–Kier alpha value is 0.140. The van der Waals surface area contributed by atoms with Crippen LogP contribution in [0.2, 0.25) is 0 Å². The first kappa shape index (κ1) is 10.1. The van der Waals surface area contributed by atoms with E-state index in [9.17, 15) is 4.39 Å². The van der Waals surface area contributed by atoms with Gasteiger partial charge in [-0.1, -0.05) is 0 Å². The maximum atomic E-state index is 12.5. The van der Waals surface area contributed by atoms with Crippen LogP contribution in [0, 0.1) is 0 Å². The summed E-state index contributed by atoms with van der Waals surface area (Å²) >= 11 is 0. The Kier molecular flexibility index (Phi) is 4.95. The van der Waals surface area contributed by atoms with Crippen molar-refractivity contribution in [2.75, 3.05) is 13.1 Å². The lowest BCUT2D eigenvalue weighted by atomic mass is 10.1. The Morgan fingerprint density at radius 1 is 1.50 bits per heavy atom. The number of β-amino-alcohol motifs (C(OH)–C–C–N with tert-alkyl or cyclic N) is 1. The standard InChI is InChI=1S/C6H12FNO.ClH/c7-5-2-1-3-8-4-6(5)9;/h5-6,8-9H,1-4H2;1H/t5-,6-;/m1./s1. The molecule has 1 aliphatic heterocycles. The van der Waals surface area contributed by atoms with E-state index in [4.69, 9.17) is 5.11 Å². The smallest absolute Gasteiger partial charge is 0.127 e. The first-order chi connectivity index (χ1) is 4.30. The maximum absolute atomic E-state index is 12.5. The van der Waals surface area contributed by atoms with Crippen LogP contribution in [0.1, 0.15) is 12.8 Å². The summed E-state index contributed by atoms with van der Waals surface area (Å²) in [5.74, 6) is 0. The quantitative estimate of drug-likeness (QED) is 0.553. The first-order valence-electron chi connectivity index (χ1n) is 3.33. The Morgan fingerprint density at radius 2 is 2.20 bits per heavy atom. The molecule has 0 aromatic heterocycles. The van der Waals surface area contributed by atoms with Crippen molar-refractivity contribution in [2.45, 2.75) is 25.1 Å². The summed E-state index contributed by atoms with van der Waals surface area (Å²) in [4.78, 5) is 0. The second-order valence-corrected chi connectivity index (χ2v) is 2.43. The number of aliphatic hydroxyl groups excluding tert-OH is 1. The van der Waals surface area contributed by atoms with Crippen LogP contribution in [0.4, 0.5) is 4.39 Å². The third-order valence-corrected chi connectivity index (χ3v) is 1.60. The molecule has 0 aromatic rings. The Bertz CT molecular complexity index is 83.8. The molecular weight excluding hydrogens is 157 g/mol. The van der Waals surface area contributed by atoms with Crippen molar-refractivity contribution in [2.24, 2.45) is 0 Å². The minimum atomic E-state index is -1.01. The fourth-order valence-corrected chi connectivity index (χ4v) is 0.992. The van der Waals surface area contributed by atoms with E-state index in [0.29, 0.717) is 13.0 Å². The molecule has 2 atom stereocenters. The predicted molar refractivity (Wildman–Crippen MR) is 40.3 cm³/mol. The second kappa shape index (κ2) is 4.88. The zero-order valence-corrected chi connectivity index (χ0v) is 6.53. The summed E-state index contributed by atoms with van der Waals surface area (Å²) in [5.41, 5.74) is 0. The van der Waals surface area contributed by atoms with Crippen LogP contribution in [-0.2, 0) is 0 Å². The van der Waals surface area contributed by atoms with Gasteiger partial charge in [-0.25, -0.2) is 4.39 Å². The van der Waals surface area contributed by atoms with E-state index in [-0.39, 0.29) is 12.4 Å². The zero-order valence-electron chi connectivity index (χ0n) is 5.72. The molecule has 0 unspecified atom stereocenters. The summed E-state index contributed by atoms with van der Waals surface area (Å²) in [6, 6.07) is 0. The van der Waals surface area contributed by atoms with Gasteiger partial charge >= 0.3 is 0 Å². The van der Waals surface area contributed by atoms with Crippen molar-refractivity contribution in [3.05, 3.63) is 0 Å². The highest BCUT2D eigenvalue weighted by atomic mass is 35.5. The number of hydrogen-bond donors (Lipinski definition) is 2. The fourth-order valence-electron chi connectivity index (χ4n) is 0.992. The minimum Gasteiger partial charge on any atom is -0.389 e. The fraction of sp³-hybridized carbons (Fsp3) is 1.00. The molecule has 0 saturated carbocycles. The van der Waals surface area contributed by atoms with Gasteiger partial charge in [-0.05, 0) is 19.4 Å². The number of alkyl halides is 1. The average molecular weight is 170 g/mol. The lowest BCUT2D eigenvalue weighted by molar-refractivity contribution is 0.0813. The third-order valence-electron chi connectivity index (χ3n) is 1.60. The number of hydrogen-bond acceptors (Lipinski definition) is 2. The summed E-state index contributed by atoms with van der Waals surface area (Å²) in [7, 11) is 0. The molecule has 1 saturated heterocycles. The maximum Gasteiger partial charge on any atom is 0.127 e. The number of aliphatic hydroxyl groups is 1. The van der Waals surface area contributed by atoms with Crippen molar-refractivity contribution in [3.63, 3.8) is 0 Å². The predicted octanol–water partition coefficient (Wildman–Crippen LogP) is 0.491. The molecule has 62 valence electrons. The van der Waals surface area contributed by atoms with Gasteiger partial charge in [0, 0.05) is 6.54 Å². The molecule has 1 heterocycles. The second-order valence-electron chi connectivity index (χ2n) is 2.43. The van der Waals surface area contributed by atoms with Gasteiger partial charge in [-0.3, -0.25) is 0 Å². The van der Waals surface area contributed by atoms with Gasteiger partial charge < -0.3 is 10.4 Å². The molecule has 0 aromatic carbocycles. The molecule has 1 aliphatic rings. The van der Waals surface area contributed by atoms with E-state index in [1.54, 1.807) is 0 Å². The molecule has 0 bridgehead atoms. The number of halogens is 2. The highest BCUT2D eigenvalue weighted by Crippen LogP contribution is 2.08. The molecule has 0 radical (unpaired) electrons. The van der Waals surface area contributed by atoms with E-state index < -0.39 is 12.3 Å². The molecule has 2 N–H and O–H groups in total. The monoisotopic (exact) mass is 169 g/mol. The SMILES string of the molecule is Cl.O[C@@H]1CNCCC[C@H]1F. The number of nitrogens with one attached hydrogen (secondary N) is 1. The zero-order chi connectivity index (χ0) is 6.69. The summed E-state index contributed by atoms with van der Waals surface area (Å²) < 4.78 is 12.5. The highest BCUT2D eigenvalue weighted by Gasteiger charge is 2.19. The number of rotatable bonds is 0. The van der Waals surface area contributed by atoms with Crippen molar-refractivity contribution in [1.29, 1.82) is 0 Å². The lowest BCUT2D eigenvalue weighted by Gasteiger charge is -2.09. The van der Waals surface area contributed by atoms with Gasteiger partial charge in [0.15, 0.2) is 0 Å². The van der Waals surface area contributed by atoms with Crippen molar-refractivity contribution in [3.8, 4) is 0 Å². The molecule has 1 rings (SSSR count). The Balaban J connectivity index is 0.000000810. The van der Waals surface area contributed by atoms with Gasteiger partial charge in [0.05, 0.1) is 6.10 Å². The van der Waals surface area contributed by atoms with Gasteiger partial charge in [-0.15, -0.1) is 12.4 Å². The van der Waals surface area contributed by atoms with Crippen molar-refractivity contribution < 1.29 is 9.50 Å². The molecule has 0 aliphatic carbocycles. The molecule has 1 fully saturated rings. The lowest BCUT2D eigenvalue weighted by Crippen LogP contribution is -2.30. The molecule has 10 heavy (non-hydrogen) atoms. The molecule has 0 amide bonds. The van der Waals surface area contributed by atoms with E-state index in [2.05, 4.69) is 5.32 Å². The molecular formula is C6H13ClFNO. The van der Waals surface area contributed by atoms with Gasteiger partial charge in [0.25, 0.3) is 0 Å². The molecule has 0 spiro atoms. The molecule has 2 nitrogen and oxygen atoms in total. The van der Waals surface area contributed by atoms with Crippen molar-refractivity contribution in [1.82, 2.24) is 5.32 Å². The normalized spacial score (nSPS) is 34.2. The van der Waals surface area contributed by atoms with Crippen LogP contribution in [0.15, 0.2) is 0 Å². The van der Waals surface area contributed by atoms with E-state index in [1.165, 1.54) is 0 Å². The highest BCUT2D eigenvalue weighted by molar-refractivity contribution is 5.85. The Labute approximate surface area is 66.2 Å². The third kappa shape index (κ3) is 2.82. The van der Waals surface area contributed by atoms with Crippen LogP contribution >= 0.6 is 12.4 Å². The van der Waals surface area contributed by atoms with E-state index in [1.807, 2.05) is 0 Å². The minimum absolute atomic E-state index is 0. The van der Waals surface area contributed by atoms with Gasteiger partial charge in [-0.2, -0.15) is 0 Å². The summed E-state index contributed by atoms with van der Waals surface area (Å²) in [5, 5.41) is 11.9.